The van der Waals surface area contributed by atoms with Crippen molar-refractivity contribution >= 4 is 40.0 Å². The molecule has 2 N–H and O–H groups in total. The van der Waals surface area contributed by atoms with Gasteiger partial charge in [0.05, 0.1) is 25.8 Å². The third kappa shape index (κ3) is 6.67. The lowest BCUT2D eigenvalue weighted by Gasteiger charge is -2.12. The zero-order chi connectivity index (χ0) is 25.5. The van der Waals surface area contributed by atoms with Gasteiger partial charge in [0.2, 0.25) is 16.9 Å². The van der Waals surface area contributed by atoms with Crippen LogP contribution in [0.4, 0.5) is 5.13 Å². The number of hydrogen-bond donors (Lipinski definition) is 2. The summed E-state index contributed by atoms with van der Waals surface area (Å²) in [4.78, 5) is 25.0. The van der Waals surface area contributed by atoms with E-state index in [1.54, 1.807) is 7.11 Å². The molecule has 4 rings (SSSR count). The summed E-state index contributed by atoms with van der Waals surface area (Å²) >= 11 is 2.56. The summed E-state index contributed by atoms with van der Waals surface area (Å²) in [5, 5.41) is 23.8. The van der Waals surface area contributed by atoms with Crippen LogP contribution in [0.15, 0.2) is 53.7 Å². The first-order valence-electron chi connectivity index (χ1n) is 11.0. The molecule has 4 aromatic rings. The Balaban J connectivity index is 1.45. The van der Waals surface area contributed by atoms with Crippen molar-refractivity contribution in [2.24, 2.45) is 0 Å². The van der Waals surface area contributed by atoms with E-state index in [1.807, 2.05) is 66.9 Å². The minimum atomic E-state index is -0.218. The quantitative estimate of drug-likeness (QED) is 0.303. The predicted molar refractivity (Wildman–Crippen MR) is 139 cm³/mol. The van der Waals surface area contributed by atoms with E-state index >= 15 is 0 Å². The Hall–Kier alpha value is -3.77. The van der Waals surface area contributed by atoms with Gasteiger partial charge in [0.1, 0.15) is 10.8 Å². The molecule has 0 saturated heterocycles. The Kier molecular flexibility index (Phi) is 8.28. The maximum Gasteiger partial charge on any atom is 0.236 e. The van der Waals surface area contributed by atoms with E-state index in [0.29, 0.717) is 16.1 Å². The van der Waals surface area contributed by atoms with Crippen molar-refractivity contribution in [3.63, 3.8) is 0 Å². The van der Waals surface area contributed by atoms with Gasteiger partial charge in [-0.3, -0.25) is 19.5 Å². The minimum Gasteiger partial charge on any atom is -0.497 e. The van der Waals surface area contributed by atoms with Gasteiger partial charge in [-0.25, -0.2) is 0 Å². The summed E-state index contributed by atoms with van der Waals surface area (Å²) in [5.74, 6) is 1.06. The summed E-state index contributed by atoms with van der Waals surface area (Å²) in [6.07, 6.45) is 0.232. The molecule has 0 unspecified atom stereocenters. The zero-order valence-electron chi connectivity index (χ0n) is 20.0. The summed E-state index contributed by atoms with van der Waals surface area (Å²) in [6.45, 7) is 4.00. The van der Waals surface area contributed by atoms with Crippen LogP contribution in [-0.4, -0.2) is 49.6 Å². The highest BCUT2D eigenvalue weighted by Gasteiger charge is 2.17. The molecule has 186 valence electrons. The zero-order valence-corrected chi connectivity index (χ0v) is 21.7. The van der Waals surface area contributed by atoms with E-state index in [9.17, 15) is 9.59 Å². The van der Waals surface area contributed by atoms with Crippen molar-refractivity contribution in [2.75, 3.05) is 18.2 Å². The molecule has 0 bridgehead atoms. The molecule has 0 radical (unpaired) electrons. The lowest BCUT2D eigenvalue weighted by atomic mass is 10.1. The number of ether oxygens (including phenoxy) is 1. The third-order valence-electron chi connectivity index (χ3n) is 5.03. The third-order valence-corrected chi connectivity index (χ3v) is 6.72. The molecular weight excluding hydrogens is 498 g/mol. The molecule has 0 aliphatic rings. The van der Waals surface area contributed by atoms with Gasteiger partial charge in [-0.2, -0.15) is 0 Å². The second-order valence-corrected chi connectivity index (χ2v) is 9.96. The lowest BCUT2D eigenvalue weighted by Crippen LogP contribution is -2.26. The maximum atomic E-state index is 12.6. The molecule has 2 heterocycles. The number of amides is 2. The number of nitrogens with zero attached hydrogens (tertiary/aromatic N) is 5. The van der Waals surface area contributed by atoms with E-state index in [-0.39, 0.29) is 30.5 Å². The minimum absolute atomic E-state index is 0.117. The van der Waals surface area contributed by atoms with Crippen LogP contribution in [0.2, 0.25) is 0 Å². The number of aromatic nitrogens is 5. The molecule has 36 heavy (non-hydrogen) atoms. The number of thioether (sulfide) groups is 1. The van der Waals surface area contributed by atoms with Gasteiger partial charge in [0, 0.05) is 5.69 Å². The van der Waals surface area contributed by atoms with Crippen LogP contribution in [0.1, 0.15) is 22.0 Å². The molecule has 12 heteroatoms. The standard InChI is InChI=1S/C24H25N7O3S2/c1-15-5-4-6-18(11-15)31-20(13-25-21(32)12-17-7-9-19(34-3)10-8-17)28-30-24(31)35-14-22(33)26-23-29-27-16(2)36-23/h4-11H,12-14H2,1-3H3,(H,25,32)(H,26,29,33). The molecule has 0 atom stereocenters. The lowest BCUT2D eigenvalue weighted by molar-refractivity contribution is -0.120. The highest BCUT2D eigenvalue weighted by Crippen LogP contribution is 2.23. The number of rotatable bonds is 10. The molecule has 2 amide bonds. The van der Waals surface area contributed by atoms with Crippen molar-refractivity contribution in [1.82, 2.24) is 30.3 Å². The van der Waals surface area contributed by atoms with E-state index in [2.05, 4.69) is 31.0 Å². The molecule has 2 aromatic heterocycles. The second-order valence-electron chi connectivity index (χ2n) is 7.84. The van der Waals surface area contributed by atoms with Crippen molar-refractivity contribution in [3.8, 4) is 11.4 Å². The van der Waals surface area contributed by atoms with Crippen LogP contribution in [0.25, 0.3) is 5.69 Å². The number of carbonyl (C=O) groups excluding carboxylic acids is 2. The average Bonchev–Trinajstić information content (AvgIpc) is 3.47. The largest absolute Gasteiger partial charge is 0.497 e. The Morgan fingerprint density at radius 3 is 2.53 bits per heavy atom. The van der Waals surface area contributed by atoms with Crippen molar-refractivity contribution in [3.05, 3.63) is 70.5 Å². The Bertz CT molecular complexity index is 1350. The smallest absolute Gasteiger partial charge is 0.236 e. The number of benzene rings is 2. The highest BCUT2D eigenvalue weighted by atomic mass is 32.2. The number of hydrogen-bond acceptors (Lipinski definition) is 9. The number of nitrogens with one attached hydrogen (secondary N) is 2. The van der Waals surface area contributed by atoms with Crippen molar-refractivity contribution in [2.45, 2.75) is 32.0 Å². The first-order chi connectivity index (χ1) is 17.4. The number of aryl methyl sites for hydroxylation is 2. The fourth-order valence-electron chi connectivity index (χ4n) is 3.34. The molecule has 0 aliphatic heterocycles. The molecule has 10 nitrogen and oxygen atoms in total. The fraction of sp³-hybridized carbons (Fsp3) is 0.250. The normalized spacial score (nSPS) is 10.8. The average molecular weight is 524 g/mol. The van der Waals surface area contributed by atoms with E-state index < -0.39 is 0 Å². The van der Waals surface area contributed by atoms with Gasteiger partial charge in [0.25, 0.3) is 0 Å². The van der Waals surface area contributed by atoms with Crippen molar-refractivity contribution in [1.29, 1.82) is 0 Å². The van der Waals surface area contributed by atoms with E-state index in [1.165, 1.54) is 23.1 Å². The van der Waals surface area contributed by atoms with E-state index in [0.717, 1.165) is 27.6 Å². The highest BCUT2D eigenvalue weighted by molar-refractivity contribution is 7.99. The van der Waals surface area contributed by atoms with Crippen LogP contribution in [0.3, 0.4) is 0 Å². The second kappa shape index (κ2) is 11.8. The van der Waals surface area contributed by atoms with Crippen LogP contribution in [0.5, 0.6) is 5.75 Å². The summed E-state index contributed by atoms with van der Waals surface area (Å²) < 4.78 is 7.01. The Morgan fingerprint density at radius 1 is 1.03 bits per heavy atom. The van der Waals surface area contributed by atoms with Crippen LogP contribution in [-0.2, 0) is 22.6 Å². The molecule has 0 aliphatic carbocycles. The van der Waals surface area contributed by atoms with Gasteiger partial charge in [-0.15, -0.1) is 20.4 Å². The first kappa shape index (κ1) is 25.3. The van der Waals surface area contributed by atoms with Crippen molar-refractivity contribution < 1.29 is 14.3 Å². The van der Waals surface area contributed by atoms with Crippen LogP contribution in [0, 0.1) is 13.8 Å². The molecule has 0 saturated carbocycles. The number of carbonyl (C=O) groups is 2. The molecule has 2 aromatic carbocycles. The van der Waals surface area contributed by atoms with Gasteiger partial charge in [0.15, 0.2) is 11.0 Å². The topological polar surface area (TPSA) is 124 Å². The Morgan fingerprint density at radius 2 is 1.83 bits per heavy atom. The van der Waals surface area contributed by atoms with Gasteiger partial charge in [-0.1, -0.05) is 47.4 Å². The van der Waals surface area contributed by atoms with E-state index in [4.69, 9.17) is 4.74 Å². The maximum absolute atomic E-state index is 12.6. The van der Waals surface area contributed by atoms with Gasteiger partial charge in [-0.05, 0) is 49.2 Å². The predicted octanol–water partition coefficient (Wildman–Crippen LogP) is 3.33. The van der Waals surface area contributed by atoms with Crippen LogP contribution < -0.4 is 15.4 Å². The Labute approximate surface area is 216 Å². The van der Waals surface area contributed by atoms with Gasteiger partial charge >= 0.3 is 0 Å². The fourth-order valence-corrected chi connectivity index (χ4v) is 4.71. The number of methoxy groups -OCH3 is 1. The summed E-state index contributed by atoms with van der Waals surface area (Å²) in [5.41, 5.74) is 2.79. The SMILES string of the molecule is COc1ccc(CC(=O)NCc2nnc(SCC(=O)Nc3nnc(C)s3)n2-c2cccc(C)c2)cc1. The molecule has 0 spiro atoms. The summed E-state index contributed by atoms with van der Waals surface area (Å²) in [6, 6.07) is 15.2. The molecule has 0 fully saturated rings. The molecular formula is C24H25N7O3S2. The summed E-state index contributed by atoms with van der Waals surface area (Å²) in [7, 11) is 1.60. The number of anilines is 1. The van der Waals surface area contributed by atoms with Crippen LogP contribution >= 0.6 is 23.1 Å². The monoisotopic (exact) mass is 523 g/mol. The first-order valence-corrected chi connectivity index (χ1v) is 12.8. The van der Waals surface area contributed by atoms with Gasteiger partial charge < -0.3 is 10.1 Å².